The summed E-state index contributed by atoms with van der Waals surface area (Å²) in [6.45, 7) is 4.59. The number of ether oxygens (including phenoxy) is 2. The van der Waals surface area contributed by atoms with E-state index in [9.17, 15) is 4.79 Å². The van der Waals surface area contributed by atoms with E-state index in [-0.39, 0.29) is 5.56 Å². The zero-order valence-corrected chi connectivity index (χ0v) is 21.2. The third kappa shape index (κ3) is 5.69. The van der Waals surface area contributed by atoms with Gasteiger partial charge in [-0.25, -0.2) is 4.68 Å². The molecule has 4 rings (SSSR count). The van der Waals surface area contributed by atoms with E-state index in [4.69, 9.17) is 14.5 Å². The molecule has 0 aliphatic carbocycles. The van der Waals surface area contributed by atoms with Crippen LogP contribution >= 0.6 is 11.8 Å². The van der Waals surface area contributed by atoms with Gasteiger partial charge in [-0.15, -0.1) is 11.8 Å². The van der Waals surface area contributed by atoms with E-state index >= 15 is 0 Å². The van der Waals surface area contributed by atoms with Crippen LogP contribution in [0.2, 0.25) is 0 Å². The number of aryl methyl sites for hydroxylation is 1. The summed E-state index contributed by atoms with van der Waals surface area (Å²) in [6.07, 6.45) is 0. The maximum atomic E-state index is 13.6. The minimum atomic E-state index is -0.145. The van der Waals surface area contributed by atoms with Gasteiger partial charge in [0.1, 0.15) is 11.5 Å². The van der Waals surface area contributed by atoms with Gasteiger partial charge >= 0.3 is 0 Å². The largest absolute Gasteiger partial charge is 0.497 e. The van der Waals surface area contributed by atoms with Crippen LogP contribution in [-0.2, 0) is 0 Å². The van der Waals surface area contributed by atoms with Gasteiger partial charge in [0.15, 0.2) is 0 Å². The van der Waals surface area contributed by atoms with Crippen molar-refractivity contribution in [3.8, 4) is 28.4 Å². The first kappa shape index (κ1) is 24.4. The molecule has 0 spiro atoms. The predicted octanol–water partition coefficient (Wildman–Crippen LogP) is 5.76. The molecule has 0 saturated heterocycles. The Hall–Kier alpha value is -3.71. The number of nitrogens with zero attached hydrogens (tertiary/aromatic N) is 2. The molecule has 0 fully saturated rings. The first-order valence-electron chi connectivity index (χ1n) is 11.3. The van der Waals surface area contributed by atoms with Crippen LogP contribution in [-0.4, -0.2) is 42.0 Å². The van der Waals surface area contributed by atoms with E-state index in [2.05, 4.69) is 36.3 Å². The van der Waals surface area contributed by atoms with Gasteiger partial charge in [0.05, 0.1) is 31.2 Å². The molecule has 0 aliphatic rings. The average Bonchev–Trinajstić information content (AvgIpc) is 3.24. The molecule has 3 aromatic carbocycles. The number of H-pyrrole nitrogens is 1. The van der Waals surface area contributed by atoms with Gasteiger partial charge in [-0.2, -0.15) is 0 Å². The van der Waals surface area contributed by atoms with Crippen molar-refractivity contribution in [2.75, 3.05) is 26.5 Å². The van der Waals surface area contributed by atoms with Crippen LogP contribution in [0.25, 0.3) is 16.9 Å². The lowest BCUT2D eigenvalue weighted by Crippen LogP contribution is -2.19. The maximum Gasteiger partial charge on any atom is 0.280 e. The molecule has 1 aromatic heterocycles. The molecule has 6 nitrogen and oxygen atoms in total. The van der Waals surface area contributed by atoms with Crippen molar-refractivity contribution in [2.24, 2.45) is 4.99 Å². The quantitative estimate of drug-likeness (QED) is 0.185. The van der Waals surface area contributed by atoms with Crippen LogP contribution in [0.3, 0.4) is 0 Å². The van der Waals surface area contributed by atoms with Gasteiger partial charge in [-0.1, -0.05) is 17.7 Å². The van der Waals surface area contributed by atoms with Gasteiger partial charge in [0.25, 0.3) is 5.56 Å². The Morgan fingerprint density at radius 1 is 0.914 bits per heavy atom. The Bertz CT molecular complexity index is 1350. The molecule has 0 bridgehead atoms. The van der Waals surface area contributed by atoms with Crippen LogP contribution in [0.15, 0.2) is 87.5 Å². The second-order valence-corrected chi connectivity index (χ2v) is 9.23. The Morgan fingerprint density at radius 3 is 2.11 bits per heavy atom. The number of rotatable bonds is 9. The van der Waals surface area contributed by atoms with Crippen LogP contribution < -0.4 is 15.0 Å². The number of aromatic amines is 1. The van der Waals surface area contributed by atoms with Crippen molar-refractivity contribution >= 4 is 17.5 Å². The molecule has 180 valence electrons. The SMILES string of the molecule is COc1ccc(-c2[nH]n(-c3ccc(OC)cc3)c(=O)c2C(C)=NCCSc2ccc(C)cc2)cc1. The molecule has 0 saturated carbocycles. The fourth-order valence-electron chi connectivity index (χ4n) is 3.74. The van der Waals surface area contributed by atoms with E-state index in [1.54, 1.807) is 30.7 Å². The number of aliphatic imine (C=N–C) groups is 1. The molecule has 35 heavy (non-hydrogen) atoms. The van der Waals surface area contributed by atoms with Crippen molar-refractivity contribution in [1.82, 2.24) is 9.78 Å². The molecule has 1 N–H and O–H groups in total. The van der Waals surface area contributed by atoms with E-state index in [1.165, 1.54) is 10.5 Å². The standard InChI is InChI=1S/C28H29N3O3S/c1-19-5-15-25(16-6-19)35-18-17-29-20(2)26-27(21-7-11-23(33-3)12-8-21)30-31(28(26)32)22-9-13-24(34-4)14-10-22/h5-16,30H,17-18H2,1-4H3. The summed E-state index contributed by atoms with van der Waals surface area (Å²) < 4.78 is 12.1. The highest BCUT2D eigenvalue weighted by atomic mass is 32.2. The fraction of sp³-hybridized carbons (Fsp3) is 0.214. The van der Waals surface area contributed by atoms with Crippen LogP contribution in [0.5, 0.6) is 11.5 Å². The van der Waals surface area contributed by atoms with Crippen molar-refractivity contribution < 1.29 is 9.47 Å². The number of methoxy groups -OCH3 is 2. The summed E-state index contributed by atoms with van der Waals surface area (Å²) >= 11 is 1.76. The Labute approximate surface area is 209 Å². The van der Waals surface area contributed by atoms with E-state index in [0.717, 1.165) is 34.2 Å². The lowest BCUT2D eigenvalue weighted by molar-refractivity contribution is 0.414. The van der Waals surface area contributed by atoms with Crippen LogP contribution in [0.4, 0.5) is 0 Å². The highest BCUT2D eigenvalue weighted by Gasteiger charge is 2.19. The third-order valence-corrected chi connectivity index (χ3v) is 6.68. The summed E-state index contributed by atoms with van der Waals surface area (Å²) in [6, 6.07) is 23.5. The second kappa shape index (κ2) is 11.1. The zero-order chi connectivity index (χ0) is 24.8. The summed E-state index contributed by atoms with van der Waals surface area (Å²) in [5.74, 6) is 2.31. The fourth-order valence-corrected chi connectivity index (χ4v) is 4.49. The van der Waals surface area contributed by atoms with Gasteiger partial charge in [-0.3, -0.25) is 14.9 Å². The van der Waals surface area contributed by atoms with Crippen molar-refractivity contribution in [3.05, 3.63) is 94.3 Å². The normalized spacial score (nSPS) is 11.5. The molecule has 0 aliphatic heterocycles. The van der Waals surface area contributed by atoms with Gasteiger partial charge < -0.3 is 9.47 Å². The number of benzene rings is 3. The molecule has 0 unspecified atom stereocenters. The summed E-state index contributed by atoms with van der Waals surface area (Å²) in [5, 5.41) is 3.30. The van der Waals surface area contributed by atoms with Gasteiger partial charge in [0.2, 0.25) is 0 Å². The lowest BCUT2D eigenvalue weighted by Gasteiger charge is -2.05. The monoisotopic (exact) mass is 487 g/mol. The zero-order valence-electron chi connectivity index (χ0n) is 20.4. The predicted molar refractivity (Wildman–Crippen MR) is 144 cm³/mol. The summed E-state index contributed by atoms with van der Waals surface area (Å²) in [5.41, 5.74) is 4.69. The Morgan fingerprint density at radius 2 is 1.51 bits per heavy atom. The third-order valence-electron chi connectivity index (χ3n) is 5.69. The van der Waals surface area contributed by atoms with E-state index in [0.29, 0.717) is 17.8 Å². The van der Waals surface area contributed by atoms with Crippen molar-refractivity contribution in [1.29, 1.82) is 0 Å². The summed E-state index contributed by atoms with van der Waals surface area (Å²) in [7, 11) is 3.25. The molecular weight excluding hydrogens is 458 g/mol. The molecule has 0 amide bonds. The van der Waals surface area contributed by atoms with Crippen LogP contribution in [0.1, 0.15) is 18.1 Å². The first-order valence-corrected chi connectivity index (χ1v) is 12.3. The molecular formula is C28H29N3O3S. The number of hydrogen-bond acceptors (Lipinski definition) is 5. The van der Waals surface area contributed by atoms with Crippen LogP contribution in [0, 0.1) is 6.92 Å². The highest BCUT2D eigenvalue weighted by molar-refractivity contribution is 7.99. The molecule has 0 radical (unpaired) electrons. The smallest absolute Gasteiger partial charge is 0.280 e. The number of nitrogens with one attached hydrogen (secondary N) is 1. The number of thioether (sulfide) groups is 1. The maximum absolute atomic E-state index is 13.6. The molecule has 0 atom stereocenters. The molecule has 7 heteroatoms. The lowest BCUT2D eigenvalue weighted by atomic mass is 10.1. The second-order valence-electron chi connectivity index (χ2n) is 8.06. The van der Waals surface area contributed by atoms with Gasteiger partial charge in [0, 0.05) is 28.5 Å². The molecule has 4 aromatic rings. The number of hydrogen-bond donors (Lipinski definition) is 1. The highest BCUT2D eigenvalue weighted by Crippen LogP contribution is 2.25. The minimum Gasteiger partial charge on any atom is -0.497 e. The minimum absolute atomic E-state index is 0.145. The topological polar surface area (TPSA) is 68.6 Å². The number of aromatic nitrogens is 2. The first-order chi connectivity index (χ1) is 17.0. The van der Waals surface area contributed by atoms with E-state index in [1.807, 2.05) is 55.5 Å². The summed E-state index contributed by atoms with van der Waals surface area (Å²) in [4.78, 5) is 19.5. The van der Waals surface area contributed by atoms with Crippen molar-refractivity contribution in [3.63, 3.8) is 0 Å². The molecule has 1 heterocycles. The Balaban J connectivity index is 1.65. The van der Waals surface area contributed by atoms with E-state index < -0.39 is 0 Å². The average molecular weight is 488 g/mol. The Kier molecular flexibility index (Phi) is 7.77. The van der Waals surface area contributed by atoms with Gasteiger partial charge in [-0.05, 0) is 74.5 Å². The van der Waals surface area contributed by atoms with Crippen molar-refractivity contribution in [2.45, 2.75) is 18.7 Å².